The van der Waals surface area contributed by atoms with Gasteiger partial charge in [0.1, 0.15) is 4.90 Å². The predicted octanol–water partition coefficient (Wildman–Crippen LogP) is 1.80. The number of aromatic nitrogens is 2. The summed E-state index contributed by atoms with van der Waals surface area (Å²) >= 11 is 0. The van der Waals surface area contributed by atoms with Gasteiger partial charge in [0.05, 0.1) is 11.4 Å². The molecule has 0 saturated heterocycles. The third kappa shape index (κ3) is 4.39. The summed E-state index contributed by atoms with van der Waals surface area (Å²) in [6.07, 6.45) is 0.988. The van der Waals surface area contributed by atoms with E-state index in [1.807, 2.05) is 13.8 Å². The quantitative estimate of drug-likeness (QED) is 0.538. The zero-order valence-electron chi connectivity index (χ0n) is 13.4. The molecule has 1 heterocycles. The molecule has 21 heavy (non-hydrogen) atoms. The number of aryl methyl sites for hydroxylation is 1. The van der Waals surface area contributed by atoms with Crippen LogP contribution in [0.3, 0.4) is 0 Å². The van der Waals surface area contributed by atoms with Gasteiger partial charge in [-0.1, -0.05) is 26.0 Å². The molecule has 0 unspecified atom stereocenters. The number of sulfonamides is 1. The topological polar surface area (TPSA) is 78.1 Å². The van der Waals surface area contributed by atoms with Gasteiger partial charge in [0, 0.05) is 19.6 Å². The van der Waals surface area contributed by atoms with Crippen LogP contribution in [-0.4, -0.2) is 42.6 Å². The molecule has 120 valence electrons. The Balaban J connectivity index is 3.11. The molecule has 0 amide bonds. The van der Waals surface area contributed by atoms with Gasteiger partial charge in [-0.05, 0) is 26.8 Å². The minimum absolute atomic E-state index is 0.286. The minimum Gasteiger partial charge on any atom is -0.311 e. The van der Waals surface area contributed by atoms with Crippen molar-refractivity contribution >= 4 is 10.0 Å². The average Bonchev–Trinajstić information content (AvgIpc) is 2.77. The second-order valence-electron chi connectivity index (χ2n) is 5.19. The molecule has 7 heteroatoms. The Labute approximate surface area is 127 Å². The van der Waals surface area contributed by atoms with Crippen molar-refractivity contribution in [2.45, 2.75) is 45.6 Å². The van der Waals surface area contributed by atoms with Crippen LogP contribution in [0, 0.1) is 6.92 Å². The van der Waals surface area contributed by atoms with E-state index in [1.54, 1.807) is 6.92 Å². The van der Waals surface area contributed by atoms with E-state index in [9.17, 15) is 8.42 Å². The summed E-state index contributed by atoms with van der Waals surface area (Å²) < 4.78 is 27.1. The van der Waals surface area contributed by atoms with Crippen molar-refractivity contribution in [3.05, 3.63) is 23.5 Å². The van der Waals surface area contributed by atoms with Gasteiger partial charge in [0.2, 0.25) is 10.0 Å². The molecule has 0 aromatic carbocycles. The standard InChI is InChI=1S/C14H26N4O2S/c1-6-8-15-9-13-14(12(5)16-17-13)21(19,20)18(7-2)10-11(3)4/h15H,3,6-10H2,1-2,4-5H3,(H,16,17). The second kappa shape index (κ2) is 7.72. The molecule has 0 spiro atoms. The number of rotatable bonds is 9. The third-order valence-electron chi connectivity index (χ3n) is 3.08. The number of H-pyrrole nitrogens is 1. The van der Waals surface area contributed by atoms with Crippen molar-refractivity contribution in [2.24, 2.45) is 0 Å². The monoisotopic (exact) mass is 314 g/mol. The summed E-state index contributed by atoms with van der Waals surface area (Å²) in [5, 5.41) is 10.1. The summed E-state index contributed by atoms with van der Waals surface area (Å²) in [4.78, 5) is 0.286. The highest BCUT2D eigenvalue weighted by atomic mass is 32.2. The molecule has 0 radical (unpaired) electrons. The number of hydrogen-bond donors (Lipinski definition) is 2. The summed E-state index contributed by atoms with van der Waals surface area (Å²) in [7, 11) is -3.56. The van der Waals surface area contributed by atoms with Crippen molar-refractivity contribution in [3.63, 3.8) is 0 Å². The maximum absolute atomic E-state index is 12.8. The van der Waals surface area contributed by atoms with E-state index in [0.717, 1.165) is 18.5 Å². The molecule has 0 bridgehead atoms. The number of likely N-dealkylation sites (N-methyl/N-ethyl adjacent to an activating group) is 1. The van der Waals surface area contributed by atoms with Gasteiger partial charge in [-0.3, -0.25) is 5.10 Å². The van der Waals surface area contributed by atoms with Crippen LogP contribution in [-0.2, 0) is 16.6 Å². The van der Waals surface area contributed by atoms with Crippen LogP contribution < -0.4 is 5.32 Å². The SMILES string of the molecule is C=C(C)CN(CC)S(=O)(=O)c1c(CNCCC)n[nH]c1C. The number of aromatic amines is 1. The van der Waals surface area contributed by atoms with Crippen LogP contribution in [0.5, 0.6) is 0 Å². The Morgan fingerprint density at radius 1 is 1.43 bits per heavy atom. The van der Waals surface area contributed by atoms with Gasteiger partial charge in [0.25, 0.3) is 0 Å². The maximum atomic E-state index is 12.8. The molecule has 0 atom stereocenters. The van der Waals surface area contributed by atoms with Crippen LogP contribution >= 0.6 is 0 Å². The summed E-state index contributed by atoms with van der Waals surface area (Å²) in [5.74, 6) is 0. The Hall–Kier alpha value is -1.18. The highest BCUT2D eigenvalue weighted by Crippen LogP contribution is 2.22. The second-order valence-corrected chi connectivity index (χ2v) is 7.06. The van der Waals surface area contributed by atoms with Gasteiger partial charge in [-0.15, -0.1) is 0 Å². The van der Waals surface area contributed by atoms with Crippen molar-refractivity contribution < 1.29 is 8.42 Å². The van der Waals surface area contributed by atoms with Crippen molar-refractivity contribution in [1.29, 1.82) is 0 Å². The fourth-order valence-corrected chi connectivity index (χ4v) is 3.95. The van der Waals surface area contributed by atoms with E-state index in [4.69, 9.17) is 0 Å². The molecule has 6 nitrogen and oxygen atoms in total. The average molecular weight is 314 g/mol. The molecule has 0 fully saturated rings. The van der Waals surface area contributed by atoms with Gasteiger partial charge in [-0.25, -0.2) is 8.42 Å². The molecule has 1 aromatic heterocycles. The lowest BCUT2D eigenvalue weighted by Crippen LogP contribution is -2.33. The van der Waals surface area contributed by atoms with Crippen LogP contribution in [0.4, 0.5) is 0 Å². The highest BCUT2D eigenvalue weighted by Gasteiger charge is 2.29. The molecule has 0 aliphatic heterocycles. The summed E-state index contributed by atoms with van der Waals surface area (Å²) in [6, 6.07) is 0. The zero-order valence-corrected chi connectivity index (χ0v) is 14.2. The molecule has 0 aliphatic carbocycles. The number of hydrogen-bond acceptors (Lipinski definition) is 4. The van der Waals surface area contributed by atoms with Gasteiger partial charge >= 0.3 is 0 Å². The number of nitrogens with one attached hydrogen (secondary N) is 2. The first kappa shape index (κ1) is 17.9. The molecular formula is C14H26N4O2S. The summed E-state index contributed by atoms with van der Waals surface area (Å²) in [6.45, 7) is 13.2. The van der Waals surface area contributed by atoms with Crippen molar-refractivity contribution in [3.8, 4) is 0 Å². The van der Waals surface area contributed by atoms with Crippen molar-refractivity contribution in [2.75, 3.05) is 19.6 Å². The lowest BCUT2D eigenvalue weighted by Gasteiger charge is -2.21. The normalized spacial score (nSPS) is 12.0. The zero-order chi connectivity index (χ0) is 16.0. The lowest BCUT2D eigenvalue weighted by molar-refractivity contribution is 0.451. The number of nitrogens with zero attached hydrogens (tertiary/aromatic N) is 2. The molecule has 1 rings (SSSR count). The lowest BCUT2D eigenvalue weighted by atomic mass is 10.3. The van der Waals surface area contributed by atoms with Crippen LogP contribution in [0.25, 0.3) is 0 Å². The Bertz CT molecular complexity index is 578. The fraction of sp³-hybridized carbons (Fsp3) is 0.643. The maximum Gasteiger partial charge on any atom is 0.247 e. The van der Waals surface area contributed by atoms with E-state index in [-0.39, 0.29) is 4.90 Å². The first-order valence-corrected chi connectivity index (χ1v) is 8.67. The molecular weight excluding hydrogens is 288 g/mol. The Morgan fingerprint density at radius 3 is 2.62 bits per heavy atom. The van der Waals surface area contributed by atoms with Crippen LogP contribution in [0.2, 0.25) is 0 Å². The Kier molecular flexibility index (Phi) is 6.57. The van der Waals surface area contributed by atoms with Gasteiger partial charge < -0.3 is 5.32 Å². The van der Waals surface area contributed by atoms with Crippen LogP contribution in [0.1, 0.15) is 38.6 Å². The van der Waals surface area contributed by atoms with E-state index < -0.39 is 10.0 Å². The first-order valence-electron chi connectivity index (χ1n) is 7.23. The first-order chi connectivity index (χ1) is 9.84. The van der Waals surface area contributed by atoms with Gasteiger partial charge in [-0.2, -0.15) is 9.40 Å². The molecule has 0 aliphatic rings. The third-order valence-corrected chi connectivity index (χ3v) is 5.20. The summed E-state index contributed by atoms with van der Waals surface area (Å²) in [5.41, 5.74) is 1.93. The van der Waals surface area contributed by atoms with E-state index in [1.165, 1.54) is 4.31 Å². The minimum atomic E-state index is -3.56. The molecule has 1 aromatic rings. The van der Waals surface area contributed by atoms with E-state index >= 15 is 0 Å². The van der Waals surface area contributed by atoms with Crippen LogP contribution in [0.15, 0.2) is 17.0 Å². The van der Waals surface area contributed by atoms with E-state index in [0.29, 0.717) is 31.0 Å². The van der Waals surface area contributed by atoms with E-state index in [2.05, 4.69) is 29.0 Å². The molecule has 2 N–H and O–H groups in total. The predicted molar refractivity (Wildman–Crippen MR) is 84.6 cm³/mol. The Morgan fingerprint density at radius 2 is 2.10 bits per heavy atom. The largest absolute Gasteiger partial charge is 0.311 e. The fourth-order valence-electron chi connectivity index (χ4n) is 2.11. The highest BCUT2D eigenvalue weighted by molar-refractivity contribution is 7.89. The molecule has 0 saturated carbocycles. The van der Waals surface area contributed by atoms with Crippen molar-refractivity contribution in [1.82, 2.24) is 19.8 Å². The smallest absolute Gasteiger partial charge is 0.247 e. The van der Waals surface area contributed by atoms with Gasteiger partial charge in [0.15, 0.2) is 0 Å².